The van der Waals surface area contributed by atoms with Crippen LogP contribution in [0.25, 0.3) is 0 Å². The number of phosphoric acid groups is 1. The second kappa shape index (κ2) is 7.05. The summed E-state index contributed by atoms with van der Waals surface area (Å²) in [5, 5.41) is 13.9. The normalized spacial score (nSPS) is 9.92. The van der Waals surface area contributed by atoms with E-state index in [0.717, 1.165) is 0 Å². The zero-order valence-corrected chi connectivity index (χ0v) is 7.78. The second-order valence-electron chi connectivity index (χ2n) is 1.28. The zero-order chi connectivity index (χ0) is 10.2. The summed E-state index contributed by atoms with van der Waals surface area (Å²) in [6.45, 7) is 0. The van der Waals surface area contributed by atoms with Gasteiger partial charge in [0, 0.05) is 21.3 Å². The van der Waals surface area contributed by atoms with Crippen molar-refractivity contribution in [2.24, 2.45) is 0 Å². The molecule has 0 aliphatic rings. The van der Waals surface area contributed by atoms with Gasteiger partial charge in [0.1, 0.15) is 0 Å². The average molecular weight is 202 g/mol. The van der Waals surface area contributed by atoms with Gasteiger partial charge in [-0.1, -0.05) is 0 Å². The average Bonchev–Trinajstić information content (AvgIpc) is 2.02. The van der Waals surface area contributed by atoms with Gasteiger partial charge in [-0.2, -0.15) is 0 Å². The Hall–Kier alpha value is -0.620. The van der Waals surface area contributed by atoms with Crippen LogP contribution in [-0.4, -0.2) is 37.7 Å². The Labute approximate surface area is 69.5 Å². The maximum Gasteiger partial charge on any atom is 0.503 e. The molecule has 8 heteroatoms. The second-order valence-corrected chi connectivity index (χ2v) is 3.27. The number of rotatable bonds is 3. The van der Waals surface area contributed by atoms with Gasteiger partial charge in [0.05, 0.1) is 0 Å². The molecule has 0 spiro atoms. The van der Waals surface area contributed by atoms with E-state index in [2.05, 4.69) is 13.6 Å². The summed E-state index contributed by atoms with van der Waals surface area (Å²) in [6.07, 6.45) is -1.83. The third-order valence-electron chi connectivity index (χ3n) is 0.671. The maximum atomic E-state index is 10.7. The topological polar surface area (TPSA) is 102 Å². The first kappa shape index (κ1) is 13.9. The van der Waals surface area contributed by atoms with E-state index < -0.39 is 14.0 Å². The Morgan fingerprint density at radius 1 is 1.08 bits per heavy atom. The summed E-state index contributed by atoms with van der Waals surface area (Å²) in [5.41, 5.74) is 0. The summed E-state index contributed by atoms with van der Waals surface area (Å²) in [4.78, 5) is 8.56. The Kier molecular flexibility index (Phi) is 8.19. The first-order valence-electron chi connectivity index (χ1n) is 2.61. The minimum absolute atomic E-state index is 1.26. The van der Waals surface area contributed by atoms with Crippen molar-refractivity contribution >= 4 is 14.0 Å². The van der Waals surface area contributed by atoms with Crippen LogP contribution in [0, 0.1) is 0 Å². The van der Waals surface area contributed by atoms with Crippen LogP contribution >= 0.6 is 7.82 Å². The van der Waals surface area contributed by atoms with Crippen molar-refractivity contribution in [1.29, 1.82) is 0 Å². The van der Waals surface area contributed by atoms with Gasteiger partial charge in [0.25, 0.3) is 0 Å². The lowest BCUT2D eigenvalue weighted by Crippen LogP contribution is -1.88. The Morgan fingerprint density at radius 3 is 1.25 bits per heavy atom. The van der Waals surface area contributed by atoms with Gasteiger partial charge in [0.2, 0.25) is 0 Å². The van der Waals surface area contributed by atoms with E-state index in [0.29, 0.717) is 0 Å². The molecule has 2 N–H and O–H groups in total. The van der Waals surface area contributed by atoms with E-state index in [1.807, 2.05) is 0 Å². The van der Waals surface area contributed by atoms with Gasteiger partial charge in [-0.15, -0.1) is 0 Å². The number of carboxylic acid groups (broad SMARTS) is 2. The van der Waals surface area contributed by atoms with Crippen molar-refractivity contribution in [1.82, 2.24) is 0 Å². The number of hydrogen-bond donors (Lipinski definition) is 2. The lowest BCUT2D eigenvalue weighted by atomic mass is 11.5. The van der Waals surface area contributed by atoms with E-state index in [1.165, 1.54) is 21.3 Å². The molecule has 7 nitrogen and oxygen atoms in total. The molecule has 0 radical (unpaired) electrons. The van der Waals surface area contributed by atoms with Gasteiger partial charge >= 0.3 is 14.0 Å². The highest BCUT2D eigenvalue weighted by atomic mass is 31.2. The minimum Gasteiger partial charge on any atom is -0.450 e. The van der Waals surface area contributed by atoms with Crippen molar-refractivity contribution in [3.05, 3.63) is 0 Å². The molecule has 0 rings (SSSR count). The van der Waals surface area contributed by atoms with Crippen molar-refractivity contribution in [3.8, 4) is 0 Å². The number of phosphoric ester groups is 1. The van der Waals surface area contributed by atoms with Crippen molar-refractivity contribution < 1.29 is 33.1 Å². The third-order valence-corrected chi connectivity index (χ3v) is 2.01. The predicted molar refractivity (Wildman–Crippen MR) is 39.3 cm³/mol. The first-order chi connectivity index (χ1) is 5.41. The number of hydrogen-bond acceptors (Lipinski definition) is 5. The molecule has 0 saturated carbocycles. The third kappa shape index (κ3) is 9.38. The lowest BCUT2D eigenvalue weighted by molar-refractivity contribution is 0.137. The van der Waals surface area contributed by atoms with Crippen molar-refractivity contribution in [2.75, 3.05) is 21.3 Å². The van der Waals surface area contributed by atoms with Crippen LogP contribution in [0.15, 0.2) is 0 Å². The molecule has 0 saturated heterocycles. The van der Waals surface area contributed by atoms with E-state index in [9.17, 15) is 4.57 Å². The molecular weight excluding hydrogens is 191 g/mol. The predicted octanol–water partition coefficient (Wildman–Crippen LogP) is 1.26. The molecule has 0 unspecified atom stereocenters. The molecule has 0 bridgehead atoms. The van der Waals surface area contributed by atoms with Crippen LogP contribution in [-0.2, 0) is 18.1 Å². The zero-order valence-electron chi connectivity index (χ0n) is 6.88. The van der Waals surface area contributed by atoms with E-state index in [-0.39, 0.29) is 0 Å². The van der Waals surface area contributed by atoms with Crippen LogP contribution in [0.3, 0.4) is 0 Å². The maximum absolute atomic E-state index is 10.7. The van der Waals surface area contributed by atoms with Gasteiger partial charge in [0.15, 0.2) is 0 Å². The van der Waals surface area contributed by atoms with Crippen molar-refractivity contribution in [2.45, 2.75) is 0 Å². The fourth-order valence-electron chi connectivity index (χ4n) is 0.224. The minimum atomic E-state index is -3.16. The molecule has 74 valence electrons. The molecular formula is C4H11O7P. The fraction of sp³-hybridized carbons (Fsp3) is 0.750. The van der Waals surface area contributed by atoms with Gasteiger partial charge in [-0.25, -0.2) is 9.36 Å². The smallest absolute Gasteiger partial charge is 0.450 e. The summed E-state index contributed by atoms with van der Waals surface area (Å²) in [7, 11) is 0.611. The highest BCUT2D eigenvalue weighted by molar-refractivity contribution is 7.48. The first-order valence-corrected chi connectivity index (χ1v) is 4.07. The Balaban J connectivity index is 0. The van der Waals surface area contributed by atoms with Crippen LogP contribution in [0.5, 0.6) is 0 Å². The number of carbonyl (C=O) groups is 1. The van der Waals surface area contributed by atoms with Gasteiger partial charge < -0.3 is 10.2 Å². The summed E-state index contributed by atoms with van der Waals surface area (Å²) in [6, 6.07) is 0. The highest BCUT2D eigenvalue weighted by Crippen LogP contribution is 2.46. The molecule has 12 heavy (non-hydrogen) atoms. The SMILES string of the molecule is COP(=O)(OC)OC.O=C(O)O. The van der Waals surface area contributed by atoms with Crippen molar-refractivity contribution in [3.63, 3.8) is 0 Å². The Morgan fingerprint density at radius 2 is 1.25 bits per heavy atom. The quantitative estimate of drug-likeness (QED) is 0.664. The van der Waals surface area contributed by atoms with Gasteiger partial charge in [-0.3, -0.25) is 13.6 Å². The monoisotopic (exact) mass is 202 g/mol. The van der Waals surface area contributed by atoms with Gasteiger partial charge in [-0.05, 0) is 0 Å². The summed E-state index contributed by atoms with van der Waals surface area (Å²) in [5.74, 6) is 0. The van der Waals surface area contributed by atoms with E-state index in [1.54, 1.807) is 0 Å². The van der Waals surface area contributed by atoms with E-state index in [4.69, 9.17) is 15.0 Å². The van der Waals surface area contributed by atoms with Crippen LogP contribution in [0.2, 0.25) is 0 Å². The fourth-order valence-corrected chi connectivity index (χ4v) is 0.671. The van der Waals surface area contributed by atoms with Crippen LogP contribution in [0.1, 0.15) is 0 Å². The highest BCUT2D eigenvalue weighted by Gasteiger charge is 2.18. The summed E-state index contributed by atoms with van der Waals surface area (Å²) >= 11 is 0. The Bertz CT molecular complexity index is 144. The molecule has 0 aliphatic heterocycles. The van der Waals surface area contributed by atoms with Crippen LogP contribution in [0.4, 0.5) is 4.79 Å². The lowest BCUT2D eigenvalue weighted by Gasteiger charge is -2.08. The molecule has 0 aromatic carbocycles. The molecule has 0 aliphatic carbocycles. The molecule has 0 heterocycles. The summed E-state index contributed by atoms with van der Waals surface area (Å²) < 4.78 is 23.7. The van der Waals surface area contributed by atoms with E-state index >= 15 is 0 Å². The molecule has 0 aromatic heterocycles. The largest absolute Gasteiger partial charge is 0.503 e. The standard InChI is InChI=1S/C3H9O4P.CH2O3/c1-5-8(4,6-2)7-3;2-1(3)4/h1-3H3;(H2,2,3,4). The van der Waals surface area contributed by atoms with Crippen LogP contribution < -0.4 is 0 Å². The molecule has 0 fully saturated rings. The molecule has 0 atom stereocenters. The molecule has 0 amide bonds. The molecule has 0 aromatic rings.